The molecular weight excluding hydrogens is 508 g/mol. The lowest BCUT2D eigenvalue weighted by Crippen LogP contribution is -2.16. The quantitative estimate of drug-likeness (QED) is 0.299. The van der Waals surface area contributed by atoms with E-state index in [1.165, 1.54) is 40.4 Å². The average Bonchev–Trinajstić information content (AvgIpc) is 3.55. The van der Waals surface area contributed by atoms with Crippen molar-refractivity contribution in [2.45, 2.75) is 12.7 Å². The highest BCUT2D eigenvalue weighted by molar-refractivity contribution is 7.13. The van der Waals surface area contributed by atoms with Gasteiger partial charge in [0.05, 0.1) is 17.1 Å². The smallest absolute Gasteiger partial charge is 0.304 e. The van der Waals surface area contributed by atoms with Crippen LogP contribution >= 0.6 is 22.9 Å². The number of aromatic nitrogens is 5. The Balaban J connectivity index is 1.42. The van der Waals surface area contributed by atoms with Gasteiger partial charge in [-0.3, -0.25) is 9.48 Å². The molecule has 7 nitrogen and oxygen atoms in total. The van der Waals surface area contributed by atoms with E-state index in [1.54, 1.807) is 23.6 Å². The van der Waals surface area contributed by atoms with Crippen molar-refractivity contribution in [2.75, 3.05) is 5.32 Å². The molecule has 35 heavy (non-hydrogen) atoms. The van der Waals surface area contributed by atoms with Crippen LogP contribution in [-0.2, 0) is 12.7 Å². The Morgan fingerprint density at radius 2 is 1.94 bits per heavy atom. The fourth-order valence-corrected chi connectivity index (χ4v) is 4.29. The zero-order valence-corrected chi connectivity index (χ0v) is 19.0. The molecule has 0 radical (unpaired) electrons. The number of rotatable bonds is 5. The van der Waals surface area contributed by atoms with Crippen molar-refractivity contribution in [1.82, 2.24) is 24.4 Å². The predicted molar refractivity (Wildman–Crippen MR) is 122 cm³/mol. The van der Waals surface area contributed by atoms with Gasteiger partial charge in [0.25, 0.3) is 5.91 Å². The molecule has 0 bridgehead atoms. The second-order valence-corrected chi connectivity index (χ2v) is 8.71. The molecule has 4 heterocycles. The summed E-state index contributed by atoms with van der Waals surface area (Å²) in [4.78, 5) is 17.5. The van der Waals surface area contributed by atoms with Gasteiger partial charge in [-0.2, -0.15) is 23.4 Å². The summed E-state index contributed by atoms with van der Waals surface area (Å²) in [6, 6.07) is 11.2. The lowest BCUT2D eigenvalue weighted by molar-refractivity contribution is -0.142. The number of nitrogens with one attached hydrogen (secondary N) is 1. The molecule has 1 aromatic carbocycles. The summed E-state index contributed by atoms with van der Waals surface area (Å²) in [5.74, 6) is -1.18. The first-order chi connectivity index (χ1) is 16.7. The molecule has 0 aliphatic heterocycles. The Hall–Kier alpha value is -3.77. The molecule has 1 amide bonds. The Morgan fingerprint density at radius 1 is 1.11 bits per heavy atom. The van der Waals surface area contributed by atoms with Crippen LogP contribution in [0.2, 0.25) is 5.02 Å². The minimum absolute atomic E-state index is 0.0140. The first-order valence-electron chi connectivity index (χ1n) is 9.98. The Labute approximate surface area is 203 Å². The van der Waals surface area contributed by atoms with Crippen molar-refractivity contribution in [3.05, 3.63) is 87.9 Å². The van der Waals surface area contributed by atoms with Gasteiger partial charge in [0.1, 0.15) is 5.82 Å². The standard InChI is InChI=1S/C22H13ClF4N6OS/c23-13-3-1-4-14(24)12(13)11-32-7-6-19(31-32)29-21(34)16-10-20-28-15(17-5-2-8-35-17)9-18(22(25,26)27)33(20)30-16/h1-10H,11H2,(H,29,31,34). The number of hydrogen-bond donors (Lipinski definition) is 1. The number of fused-ring (bicyclic) bond motifs is 1. The van der Waals surface area contributed by atoms with Crippen LogP contribution in [0.3, 0.4) is 0 Å². The number of halogens is 5. The van der Waals surface area contributed by atoms with Crippen molar-refractivity contribution in [1.29, 1.82) is 0 Å². The zero-order chi connectivity index (χ0) is 24.7. The van der Waals surface area contributed by atoms with Crippen LogP contribution in [0.5, 0.6) is 0 Å². The molecule has 0 aliphatic carbocycles. The lowest BCUT2D eigenvalue weighted by atomic mass is 10.2. The fraction of sp³-hybridized carbons (Fsp3) is 0.0909. The maximum atomic E-state index is 14.0. The van der Waals surface area contributed by atoms with Crippen LogP contribution < -0.4 is 5.32 Å². The molecule has 0 atom stereocenters. The number of amides is 1. The minimum Gasteiger partial charge on any atom is -0.304 e. The molecule has 5 aromatic rings. The topological polar surface area (TPSA) is 77.1 Å². The molecule has 4 aromatic heterocycles. The molecule has 0 spiro atoms. The van der Waals surface area contributed by atoms with Gasteiger partial charge in [0, 0.05) is 28.9 Å². The zero-order valence-electron chi connectivity index (χ0n) is 17.4. The summed E-state index contributed by atoms with van der Waals surface area (Å²) in [7, 11) is 0. The van der Waals surface area contributed by atoms with Gasteiger partial charge in [0.15, 0.2) is 22.9 Å². The molecule has 0 saturated carbocycles. The van der Waals surface area contributed by atoms with E-state index in [9.17, 15) is 22.4 Å². The van der Waals surface area contributed by atoms with E-state index < -0.39 is 23.6 Å². The second-order valence-electron chi connectivity index (χ2n) is 7.35. The third kappa shape index (κ3) is 4.62. The monoisotopic (exact) mass is 520 g/mol. The van der Waals surface area contributed by atoms with Crippen LogP contribution in [0.25, 0.3) is 16.2 Å². The summed E-state index contributed by atoms with van der Waals surface area (Å²) in [5.41, 5.74) is -1.12. The van der Waals surface area contributed by atoms with Crippen molar-refractivity contribution >= 4 is 40.3 Å². The highest BCUT2D eigenvalue weighted by atomic mass is 35.5. The SMILES string of the molecule is O=C(Nc1ccn(Cc2c(F)cccc2Cl)n1)c1cc2nc(-c3cccs3)cc(C(F)(F)F)n2n1. The number of hydrogen-bond acceptors (Lipinski definition) is 5. The van der Waals surface area contributed by atoms with Gasteiger partial charge in [-0.05, 0) is 29.6 Å². The van der Waals surface area contributed by atoms with Gasteiger partial charge in [-0.1, -0.05) is 23.7 Å². The number of benzene rings is 1. The Kier molecular flexibility index (Phi) is 5.77. The predicted octanol–water partition coefficient (Wildman–Crippen LogP) is 5.77. The van der Waals surface area contributed by atoms with E-state index in [1.807, 2.05) is 0 Å². The van der Waals surface area contributed by atoms with Gasteiger partial charge in [-0.15, -0.1) is 11.3 Å². The van der Waals surface area contributed by atoms with E-state index in [4.69, 9.17) is 11.6 Å². The van der Waals surface area contributed by atoms with E-state index in [2.05, 4.69) is 20.5 Å². The summed E-state index contributed by atoms with van der Waals surface area (Å²) in [6.07, 6.45) is -3.22. The molecule has 178 valence electrons. The van der Waals surface area contributed by atoms with E-state index in [-0.39, 0.29) is 40.0 Å². The fourth-order valence-electron chi connectivity index (χ4n) is 3.38. The van der Waals surface area contributed by atoms with Crippen molar-refractivity contribution in [2.24, 2.45) is 0 Å². The van der Waals surface area contributed by atoms with Gasteiger partial charge in [0.2, 0.25) is 0 Å². The summed E-state index contributed by atoms with van der Waals surface area (Å²) < 4.78 is 57.1. The van der Waals surface area contributed by atoms with Crippen LogP contribution in [0.15, 0.2) is 60.1 Å². The second kappa shape index (κ2) is 8.78. The Bertz CT molecular complexity index is 1520. The van der Waals surface area contributed by atoms with Crippen molar-refractivity contribution < 1.29 is 22.4 Å². The Morgan fingerprint density at radius 3 is 2.66 bits per heavy atom. The van der Waals surface area contributed by atoms with E-state index in [0.717, 1.165) is 12.1 Å². The maximum Gasteiger partial charge on any atom is 0.433 e. The normalized spacial score (nSPS) is 11.8. The average molecular weight is 521 g/mol. The third-order valence-electron chi connectivity index (χ3n) is 4.99. The van der Waals surface area contributed by atoms with Crippen molar-refractivity contribution in [3.8, 4) is 10.6 Å². The molecule has 0 aliphatic rings. The maximum absolute atomic E-state index is 14.0. The molecule has 5 rings (SSSR count). The van der Waals surface area contributed by atoms with Crippen LogP contribution in [0.4, 0.5) is 23.4 Å². The van der Waals surface area contributed by atoms with E-state index in [0.29, 0.717) is 9.39 Å². The molecular formula is C22H13ClF4N6OS. The number of anilines is 1. The van der Waals surface area contributed by atoms with E-state index >= 15 is 0 Å². The summed E-state index contributed by atoms with van der Waals surface area (Å²) in [6.45, 7) is 0.0140. The van der Waals surface area contributed by atoms with Gasteiger partial charge >= 0.3 is 6.18 Å². The highest BCUT2D eigenvalue weighted by Crippen LogP contribution is 2.33. The van der Waals surface area contributed by atoms with Crippen LogP contribution in [0.1, 0.15) is 21.7 Å². The van der Waals surface area contributed by atoms with Crippen LogP contribution in [-0.4, -0.2) is 30.3 Å². The molecule has 0 saturated heterocycles. The highest BCUT2D eigenvalue weighted by Gasteiger charge is 2.35. The number of carbonyl (C=O) groups is 1. The van der Waals surface area contributed by atoms with Crippen LogP contribution in [0, 0.1) is 5.82 Å². The number of nitrogens with zero attached hydrogens (tertiary/aromatic N) is 5. The van der Waals surface area contributed by atoms with Gasteiger partial charge < -0.3 is 5.32 Å². The third-order valence-corrected chi connectivity index (χ3v) is 6.23. The number of carbonyl (C=O) groups excluding carboxylic acids is 1. The molecule has 0 fully saturated rings. The molecule has 0 unspecified atom stereocenters. The first-order valence-corrected chi connectivity index (χ1v) is 11.2. The largest absolute Gasteiger partial charge is 0.433 e. The molecule has 13 heteroatoms. The first kappa shape index (κ1) is 23.0. The summed E-state index contributed by atoms with van der Waals surface area (Å²) >= 11 is 7.27. The lowest BCUT2D eigenvalue weighted by Gasteiger charge is -2.10. The number of alkyl halides is 3. The van der Waals surface area contributed by atoms with Crippen molar-refractivity contribution in [3.63, 3.8) is 0 Å². The molecule has 1 N–H and O–H groups in total. The minimum atomic E-state index is -4.72. The summed E-state index contributed by atoms with van der Waals surface area (Å²) in [5, 5.41) is 12.4. The number of thiophene rings is 1. The van der Waals surface area contributed by atoms with Gasteiger partial charge in [-0.25, -0.2) is 13.9 Å².